The van der Waals surface area contributed by atoms with Crippen LogP contribution < -0.4 is 10.5 Å². The van der Waals surface area contributed by atoms with E-state index in [1.807, 2.05) is 43.3 Å². The van der Waals surface area contributed by atoms with E-state index >= 15 is 0 Å². The molecule has 5 nitrogen and oxygen atoms in total. The second kappa shape index (κ2) is 6.83. The van der Waals surface area contributed by atoms with Crippen molar-refractivity contribution in [2.45, 2.75) is 20.8 Å². The zero-order valence-corrected chi connectivity index (χ0v) is 15.7. The lowest BCUT2D eigenvalue weighted by Crippen LogP contribution is -2.21. The van der Waals surface area contributed by atoms with Gasteiger partial charge in [-0.15, -0.1) is 0 Å². The summed E-state index contributed by atoms with van der Waals surface area (Å²) in [5.74, 6) is 0. The summed E-state index contributed by atoms with van der Waals surface area (Å²) in [5, 5.41) is 1.76. The molecule has 2 aromatic heterocycles. The second-order valence-corrected chi connectivity index (χ2v) is 6.48. The number of para-hydroxylation sites is 1. The number of rotatable bonds is 4. The first-order valence-corrected chi connectivity index (χ1v) is 9.16. The minimum atomic E-state index is -0.374. The smallest absolute Gasteiger partial charge is 0.346 e. The number of fused-ring (bicyclic) bond motifs is 2. The summed E-state index contributed by atoms with van der Waals surface area (Å²) in [6, 6.07) is 13.7. The zero-order chi connectivity index (χ0) is 19.0. The SMILES string of the molecule is CCN(CC)c1ccc2c(C)c(-c3ncnc4ccccc34)c(=O)oc2c1. The van der Waals surface area contributed by atoms with Crippen LogP contribution in [0.3, 0.4) is 0 Å². The Kier molecular flexibility index (Phi) is 4.36. The van der Waals surface area contributed by atoms with Crippen molar-refractivity contribution >= 4 is 27.6 Å². The van der Waals surface area contributed by atoms with Crippen LogP contribution in [-0.4, -0.2) is 23.1 Å². The maximum Gasteiger partial charge on any atom is 0.346 e. The van der Waals surface area contributed by atoms with Crippen molar-refractivity contribution in [2.75, 3.05) is 18.0 Å². The highest BCUT2D eigenvalue weighted by Gasteiger charge is 2.17. The molecule has 0 radical (unpaired) electrons. The molecule has 27 heavy (non-hydrogen) atoms. The monoisotopic (exact) mass is 359 g/mol. The lowest BCUT2D eigenvalue weighted by molar-refractivity contribution is 0.562. The molecular weight excluding hydrogens is 338 g/mol. The Balaban J connectivity index is 1.97. The zero-order valence-electron chi connectivity index (χ0n) is 15.7. The van der Waals surface area contributed by atoms with Gasteiger partial charge in [-0.25, -0.2) is 14.8 Å². The van der Waals surface area contributed by atoms with Gasteiger partial charge < -0.3 is 9.32 Å². The van der Waals surface area contributed by atoms with Crippen LogP contribution in [0, 0.1) is 6.92 Å². The van der Waals surface area contributed by atoms with Crippen LogP contribution in [0.15, 0.2) is 58.0 Å². The predicted molar refractivity (Wildman–Crippen MR) is 109 cm³/mol. The number of benzene rings is 2. The molecular formula is C22H21N3O2. The van der Waals surface area contributed by atoms with E-state index in [1.54, 1.807) is 0 Å². The normalized spacial score (nSPS) is 11.2. The van der Waals surface area contributed by atoms with E-state index in [0.717, 1.165) is 40.6 Å². The Morgan fingerprint density at radius 1 is 1.00 bits per heavy atom. The highest BCUT2D eigenvalue weighted by Crippen LogP contribution is 2.31. The molecule has 5 heteroatoms. The van der Waals surface area contributed by atoms with Gasteiger partial charge in [-0.1, -0.05) is 18.2 Å². The number of hydrogen-bond donors (Lipinski definition) is 0. The molecule has 2 aromatic carbocycles. The van der Waals surface area contributed by atoms with E-state index in [-0.39, 0.29) is 5.63 Å². The lowest BCUT2D eigenvalue weighted by Gasteiger charge is -2.21. The summed E-state index contributed by atoms with van der Waals surface area (Å²) in [5.41, 5.74) is 4.06. The van der Waals surface area contributed by atoms with Crippen molar-refractivity contribution in [3.63, 3.8) is 0 Å². The molecule has 0 N–H and O–H groups in total. The molecule has 2 heterocycles. The highest BCUT2D eigenvalue weighted by atomic mass is 16.4. The summed E-state index contributed by atoms with van der Waals surface area (Å²) in [6.45, 7) is 7.96. The van der Waals surface area contributed by atoms with E-state index < -0.39 is 0 Å². The predicted octanol–water partition coefficient (Wildman–Crippen LogP) is 4.56. The van der Waals surface area contributed by atoms with Crippen LogP contribution in [0.1, 0.15) is 19.4 Å². The van der Waals surface area contributed by atoms with E-state index in [1.165, 1.54) is 6.33 Å². The first kappa shape index (κ1) is 17.2. The molecule has 4 aromatic rings. The van der Waals surface area contributed by atoms with Crippen LogP contribution in [0.25, 0.3) is 33.1 Å². The summed E-state index contributed by atoms with van der Waals surface area (Å²) < 4.78 is 5.71. The van der Waals surface area contributed by atoms with Gasteiger partial charge in [0.15, 0.2) is 0 Å². The minimum Gasteiger partial charge on any atom is -0.422 e. The molecule has 0 aliphatic carbocycles. The van der Waals surface area contributed by atoms with Crippen molar-refractivity contribution in [3.05, 3.63) is 64.8 Å². The molecule has 136 valence electrons. The molecule has 0 bridgehead atoms. The van der Waals surface area contributed by atoms with Crippen molar-refractivity contribution < 1.29 is 4.42 Å². The van der Waals surface area contributed by atoms with Crippen LogP contribution in [0.5, 0.6) is 0 Å². The molecule has 0 unspecified atom stereocenters. The fourth-order valence-corrected chi connectivity index (χ4v) is 3.61. The van der Waals surface area contributed by atoms with Gasteiger partial charge >= 0.3 is 5.63 Å². The van der Waals surface area contributed by atoms with Crippen molar-refractivity contribution in [2.24, 2.45) is 0 Å². The maximum atomic E-state index is 12.9. The molecule has 0 amide bonds. The molecule has 0 spiro atoms. The standard InChI is InChI=1S/C22H21N3O2/c1-4-25(5-2)15-10-11-16-14(3)20(22(26)27-19(16)12-15)21-17-8-6-7-9-18(17)23-13-24-21/h6-13H,4-5H2,1-3H3. The van der Waals surface area contributed by atoms with Crippen LogP contribution in [0.2, 0.25) is 0 Å². The molecule has 0 atom stereocenters. The first-order valence-electron chi connectivity index (χ1n) is 9.16. The van der Waals surface area contributed by atoms with E-state index in [2.05, 4.69) is 34.8 Å². The summed E-state index contributed by atoms with van der Waals surface area (Å²) in [7, 11) is 0. The van der Waals surface area contributed by atoms with E-state index in [4.69, 9.17) is 4.42 Å². The van der Waals surface area contributed by atoms with E-state index in [0.29, 0.717) is 16.8 Å². The van der Waals surface area contributed by atoms with E-state index in [9.17, 15) is 4.79 Å². The average Bonchev–Trinajstić information content (AvgIpc) is 2.69. The van der Waals surface area contributed by atoms with Crippen LogP contribution in [0.4, 0.5) is 5.69 Å². The van der Waals surface area contributed by atoms with Gasteiger partial charge in [0, 0.05) is 35.6 Å². The maximum absolute atomic E-state index is 12.9. The Hall–Kier alpha value is -3.21. The molecule has 4 rings (SSSR count). The molecule has 0 saturated carbocycles. The topological polar surface area (TPSA) is 59.2 Å². The Morgan fingerprint density at radius 2 is 1.78 bits per heavy atom. The Bertz CT molecular complexity index is 1190. The average molecular weight is 359 g/mol. The summed E-state index contributed by atoms with van der Waals surface area (Å²) >= 11 is 0. The first-order chi connectivity index (χ1) is 13.1. The number of hydrogen-bond acceptors (Lipinski definition) is 5. The lowest BCUT2D eigenvalue weighted by atomic mass is 10.0. The molecule has 0 aliphatic rings. The van der Waals surface area contributed by atoms with Gasteiger partial charge in [-0.3, -0.25) is 0 Å². The van der Waals surface area contributed by atoms with Crippen molar-refractivity contribution in [1.29, 1.82) is 0 Å². The fourth-order valence-electron chi connectivity index (χ4n) is 3.61. The fraction of sp³-hybridized carbons (Fsp3) is 0.227. The molecule has 0 fully saturated rings. The van der Waals surface area contributed by atoms with Crippen LogP contribution in [-0.2, 0) is 0 Å². The van der Waals surface area contributed by atoms with Gasteiger partial charge in [0.05, 0.1) is 16.8 Å². The van der Waals surface area contributed by atoms with Crippen molar-refractivity contribution in [1.82, 2.24) is 9.97 Å². The Labute approximate surface area is 157 Å². The van der Waals surface area contributed by atoms with Gasteiger partial charge in [0.2, 0.25) is 0 Å². The third-order valence-corrected chi connectivity index (χ3v) is 5.06. The quantitative estimate of drug-likeness (QED) is 0.500. The second-order valence-electron chi connectivity index (χ2n) is 6.48. The number of aryl methyl sites for hydroxylation is 1. The highest BCUT2D eigenvalue weighted by molar-refractivity contribution is 5.96. The summed E-state index contributed by atoms with van der Waals surface area (Å²) in [6.07, 6.45) is 1.49. The third-order valence-electron chi connectivity index (χ3n) is 5.06. The Morgan fingerprint density at radius 3 is 2.56 bits per heavy atom. The van der Waals surface area contributed by atoms with Crippen molar-refractivity contribution in [3.8, 4) is 11.3 Å². The third kappa shape index (κ3) is 2.85. The molecule has 0 saturated heterocycles. The largest absolute Gasteiger partial charge is 0.422 e. The minimum absolute atomic E-state index is 0.374. The summed E-state index contributed by atoms with van der Waals surface area (Å²) in [4.78, 5) is 23.8. The van der Waals surface area contributed by atoms with Gasteiger partial charge in [-0.05, 0) is 44.5 Å². The number of aromatic nitrogens is 2. The molecule has 0 aliphatic heterocycles. The van der Waals surface area contributed by atoms with Gasteiger partial charge in [0.25, 0.3) is 0 Å². The van der Waals surface area contributed by atoms with Crippen LogP contribution >= 0.6 is 0 Å². The van der Waals surface area contributed by atoms with Gasteiger partial charge in [0.1, 0.15) is 11.9 Å². The number of anilines is 1. The van der Waals surface area contributed by atoms with Gasteiger partial charge in [-0.2, -0.15) is 0 Å². The number of nitrogens with zero attached hydrogens (tertiary/aromatic N) is 3.